The molecule has 0 amide bonds. The number of hydrogen-bond donors (Lipinski definition) is 1. The van der Waals surface area contributed by atoms with Crippen LogP contribution >= 0.6 is 34.8 Å². The molecule has 2 atom stereocenters. The first-order valence-corrected chi connectivity index (χ1v) is 13.5. The Labute approximate surface area is 236 Å². The van der Waals surface area contributed by atoms with E-state index in [1.54, 1.807) is 36.8 Å². The van der Waals surface area contributed by atoms with E-state index in [9.17, 15) is 4.79 Å². The number of aliphatic hydroxyl groups is 1. The number of rotatable bonds is 8. The van der Waals surface area contributed by atoms with Crippen molar-refractivity contribution in [2.45, 2.75) is 57.4 Å². The largest absolute Gasteiger partial charge is 0.396 e. The van der Waals surface area contributed by atoms with E-state index in [0.717, 1.165) is 37.1 Å². The van der Waals surface area contributed by atoms with Crippen LogP contribution in [-0.2, 0) is 28.4 Å². The van der Waals surface area contributed by atoms with Crippen molar-refractivity contribution < 1.29 is 14.6 Å². The number of hydrogen-bond acceptors (Lipinski definition) is 7. The molecule has 202 valence electrons. The van der Waals surface area contributed by atoms with E-state index in [0.29, 0.717) is 34.3 Å². The standard InChI is InChI=1S/C14H11Cl2N3O.C13H18ClNO3/c1-9(13-11(7-15)12(16)4-5-18-13)19-6-2-3-10(8-17)14(19)20;14-11-4-6-15-12(5-7-16)10(11)9-18-13-3-1-2-8-17-13/h2-6,9H,7H2,1H3;4,6,13,16H,1-3,5,7-9H2. The zero-order valence-corrected chi connectivity index (χ0v) is 23.2. The molecule has 0 bridgehead atoms. The molecular weight excluding hydrogens is 551 g/mol. The lowest BCUT2D eigenvalue weighted by Gasteiger charge is -2.23. The summed E-state index contributed by atoms with van der Waals surface area (Å²) in [5, 5.41) is 19.1. The summed E-state index contributed by atoms with van der Waals surface area (Å²) in [5.74, 6) is 0.207. The fourth-order valence-corrected chi connectivity index (χ4v) is 4.80. The number of ether oxygens (including phenoxy) is 2. The maximum Gasteiger partial charge on any atom is 0.269 e. The van der Waals surface area contributed by atoms with Crippen molar-refractivity contribution in [1.82, 2.24) is 14.5 Å². The second-order valence-electron chi connectivity index (χ2n) is 8.51. The van der Waals surface area contributed by atoms with Gasteiger partial charge in [0, 0.05) is 65.1 Å². The van der Waals surface area contributed by atoms with E-state index in [4.69, 9.17) is 54.6 Å². The van der Waals surface area contributed by atoms with Gasteiger partial charge in [0.25, 0.3) is 5.56 Å². The average Bonchev–Trinajstić information content (AvgIpc) is 2.93. The van der Waals surface area contributed by atoms with E-state index >= 15 is 0 Å². The summed E-state index contributed by atoms with van der Waals surface area (Å²) >= 11 is 18.1. The zero-order valence-electron chi connectivity index (χ0n) is 20.9. The predicted octanol–water partition coefficient (Wildman–Crippen LogP) is 5.43. The molecule has 4 rings (SSSR count). The normalized spacial score (nSPS) is 15.7. The van der Waals surface area contributed by atoms with Gasteiger partial charge in [-0.3, -0.25) is 14.8 Å². The fraction of sp³-hybridized carbons (Fsp3) is 0.407. The summed E-state index contributed by atoms with van der Waals surface area (Å²) in [6.07, 6.45) is 8.35. The first-order valence-electron chi connectivity index (χ1n) is 12.2. The third-order valence-corrected chi connectivity index (χ3v) is 7.04. The van der Waals surface area contributed by atoms with Gasteiger partial charge < -0.3 is 19.1 Å². The summed E-state index contributed by atoms with van der Waals surface area (Å²) in [6, 6.07) is 8.05. The van der Waals surface area contributed by atoms with Gasteiger partial charge >= 0.3 is 0 Å². The molecule has 11 heteroatoms. The van der Waals surface area contributed by atoms with Crippen LogP contribution < -0.4 is 5.56 Å². The van der Waals surface area contributed by atoms with Crippen molar-refractivity contribution in [3.8, 4) is 6.07 Å². The van der Waals surface area contributed by atoms with Gasteiger partial charge in [-0.2, -0.15) is 5.26 Å². The Morgan fingerprint density at radius 2 is 1.95 bits per heavy atom. The maximum atomic E-state index is 12.1. The lowest BCUT2D eigenvalue weighted by Crippen LogP contribution is -2.26. The Hall–Kier alpha value is -2.51. The van der Waals surface area contributed by atoms with Crippen molar-refractivity contribution in [3.63, 3.8) is 0 Å². The molecule has 1 saturated heterocycles. The summed E-state index contributed by atoms with van der Waals surface area (Å²) in [7, 11) is 0. The minimum Gasteiger partial charge on any atom is -0.396 e. The lowest BCUT2D eigenvalue weighted by molar-refractivity contribution is -0.169. The van der Waals surface area contributed by atoms with Gasteiger partial charge in [-0.1, -0.05) is 23.2 Å². The van der Waals surface area contributed by atoms with Crippen LogP contribution in [0.15, 0.2) is 47.7 Å². The highest BCUT2D eigenvalue weighted by Gasteiger charge is 2.18. The van der Waals surface area contributed by atoms with Crippen molar-refractivity contribution in [1.29, 1.82) is 5.26 Å². The topological polar surface area (TPSA) is 110 Å². The van der Waals surface area contributed by atoms with Crippen molar-refractivity contribution >= 4 is 34.8 Å². The highest BCUT2D eigenvalue weighted by atomic mass is 35.5. The number of aromatic nitrogens is 3. The smallest absolute Gasteiger partial charge is 0.269 e. The number of nitriles is 1. The first-order chi connectivity index (χ1) is 18.4. The Balaban J connectivity index is 0.000000212. The Morgan fingerprint density at radius 3 is 2.61 bits per heavy atom. The summed E-state index contributed by atoms with van der Waals surface area (Å²) in [5.41, 5.74) is 2.70. The molecule has 0 aliphatic carbocycles. The van der Waals surface area contributed by atoms with Gasteiger partial charge in [-0.05, 0) is 50.5 Å². The van der Waals surface area contributed by atoms with Crippen LogP contribution in [0, 0.1) is 11.3 Å². The molecule has 1 aliphatic rings. The molecule has 0 radical (unpaired) electrons. The van der Waals surface area contributed by atoms with Crippen LogP contribution in [0.2, 0.25) is 10.0 Å². The Morgan fingerprint density at radius 1 is 1.21 bits per heavy atom. The maximum absolute atomic E-state index is 12.1. The third kappa shape index (κ3) is 7.76. The van der Waals surface area contributed by atoms with Crippen LogP contribution in [0.25, 0.3) is 0 Å². The van der Waals surface area contributed by atoms with Crippen molar-refractivity contribution in [2.24, 2.45) is 0 Å². The van der Waals surface area contributed by atoms with E-state index in [1.807, 2.05) is 13.0 Å². The summed E-state index contributed by atoms with van der Waals surface area (Å²) in [6.45, 7) is 3.01. The van der Waals surface area contributed by atoms with E-state index in [1.165, 1.54) is 10.6 Å². The molecule has 3 aromatic rings. The van der Waals surface area contributed by atoms with Crippen LogP contribution in [0.5, 0.6) is 0 Å². The van der Waals surface area contributed by atoms with Crippen LogP contribution in [-0.4, -0.2) is 39.1 Å². The van der Waals surface area contributed by atoms with Crippen LogP contribution in [0.3, 0.4) is 0 Å². The van der Waals surface area contributed by atoms with Crippen LogP contribution in [0.4, 0.5) is 0 Å². The molecule has 1 fully saturated rings. The second-order valence-corrected chi connectivity index (χ2v) is 9.59. The molecule has 0 spiro atoms. The molecule has 4 heterocycles. The molecule has 1 aliphatic heterocycles. The quantitative estimate of drug-likeness (QED) is 0.354. The third-order valence-electron chi connectivity index (χ3n) is 6.06. The molecule has 8 nitrogen and oxygen atoms in total. The summed E-state index contributed by atoms with van der Waals surface area (Å²) in [4.78, 5) is 20.6. The van der Waals surface area contributed by atoms with Gasteiger partial charge in [0.1, 0.15) is 11.6 Å². The number of halogens is 3. The zero-order chi connectivity index (χ0) is 27.5. The van der Waals surface area contributed by atoms with Gasteiger partial charge in [-0.25, -0.2) is 0 Å². The highest BCUT2D eigenvalue weighted by molar-refractivity contribution is 6.32. The minimum atomic E-state index is -0.358. The van der Waals surface area contributed by atoms with Gasteiger partial charge in [0.2, 0.25) is 0 Å². The highest BCUT2D eigenvalue weighted by Crippen LogP contribution is 2.26. The molecular formula is C27H29Cl3N4O4. The van der Waals surface area contributed by atoms with E-state index < -0.39 is 0 Å². The number of aliphatic hydroxyl groups excluding tert-OH is 1. The first kappa shape index (κ1) is 30.0. The van der Waals surface area contributed by atoms with Gasteiger partial charge in [0.15, 0.2) is 6.29 Å². The number of pyridine rings is 3. The molecule has 1 N–H and O–H groups in total. The van der Waals surface area contributed by atoms with E-state index in [-0.39, 0.29) is 35.9 Å². The Kier molecular flexibility index (Phi) is 12.0. The molecule has 38 heavy (non-hydrogen) atoms. The second kappa shape index (κ2) is 15.2. The monoisotopic (exact) mass is 578 g/mol. The Bertz CT molecular complexity index is 1310. The van der Waals surface area contributed by atoms with Gasteiger partial charge in [-0.15, -0.1) is 11.6 Å². The molecule has 3 aromatic heterocycles. The van der Waals surface area contributed by atoms with Crippen LogP contribution in [0.1, 0.15) is 60.3 Å². The number of nitrogens with zero attached hydrogens (tertiary/aromatic N) is 4. The minimum absolute atomic E-state index is 0.0558. The molecule has 0 aromatic carbocycles. The van der Waals surface area contributed by atoms with Gasteiger partial charge in [0.05, 0.1) is 24.2 Å². The average molecular weight is 580 g/mol. The fourth-order valence-electron chi connectivity index (χ4n) is 4.01. The summed E-state index contributed by atoms with van der Waals surface area (Å²) < 4.78 is 12.7. The number of alkyl halides is 1. The van der Waals surface area contributed by atoms with Crippen molar-refractivity contribution in [2.75, 3.05) is 13.2 Å². The lowest BCUT2D eigenvalue weighted by atomic mass is 10.1. The molecule has 2 unspecified atom stereocenters. The molecule has 0 saturated carbocycles. The SMILES string of the molecule is CC(c1nccc(Cl)c1CCl)n1cccc(C#N)c1=O.OCCc1nccc(Cl)c1COC1CCCCO1. The predicted molar refractivity (Wildman–Crippen MR) is 146 cm³/mol. The van der Waals surface area contributed by atoms with E-state index in [2.05, 4.69) is 9.97 Å². The van der Waals surface area contributed by atoms with Crippen molar-refractivity contribution in [3.05, 3.63) is 91.3 Å².